The van der Waals surface area contributed by atoms with Crippen molar-refractivity contribution < 1.29 is 14.3 Å². The third-order valence-corrected chi connectivity index (χ3v) is 5.19. The summed E-state index contributed by atoms with van der Waals surface area (Å²) in [7, 11) is 0. The fraction of sp³-hybridized carbons (Fsp3) is 0.500. The number of pyridine rings is 1. The van der Waals surface area contributed by atoms with E-state index in [0.717, 1.165) is 30.6 Å². The van der Waals surface area contributed by atoms with E-state index in [4.69, 9.17) is 9.47 Å². The summed E-state index contributed by atoms with van der Waals surface area (Å²) < 4.78 is 13.8. The van der Waals surface area contributed by atoms with Crippen molar-refractivity contribution in [2.75, 3.05) is 19.8 Å². The molecule has 26 heavy (non-hydrogen) atoms. The zero-order valence-corrected chi connectivity index (χ0v) is 14.9. The molecule has 2 aromatic rings. The number of hydrogen-bond donors (Lipinski definition) is 0. The number of carbonyl (C=O) groups is 1. The highest BCUT2D eigenvalue weighted by molar-refractivity contribution is 5.79. The van der Waals surface area contributed by atoms with E-state index < -0.39 is 0 Å². The SMILES string of the molecule is O=C(C1CCOCC1)N1Cc2cccn2CC(OCc2cccnc2)C1. The van der Waals surface area contributed by atoms with Gasteiger partial charge < -0.3 is 18.9 Å². The van der Waals surface area contributed by atoms with Crippen LogP contribution >= 0.6 is 0 Å². The molecule has 0 aliphatic carbocycles. The van der Waals surface area contributed by atoms with E-state index in [0.29, 0.717) is 32.9 Å². The molecule has 2 aromatic heterocycles. The first-order chi connectivity index (χ1) is 12.8. The Kier molecular flexibility index (Phi) is 5.32. The van der Waals surface area contributed by atoms with Gasteiger partial charge in [-0.2, -0.15) is 0 Å². The fourth-order valence-corrected chi connectivity index (χ4v) is 3.73. The number of ether oxygens (including phenoxy) is 2. The molecule has 2 aliphatic heterocycles. The maximum Gasteiger partial charge on any atom is 0.226 e. The molecule has 4 heterocycles. The second-order valence-electron chi connectivity index (χ2n) is 7.05. The number of hydrogen-bond acceptors (Lipinski definition) is 4. The molecule has 138 valence electrons. The smallest absolute Gasteiger partial charge is 0.226 e. The van der Waals surface area contributed by atoms with Gasteiger partial charge in [0.1, 0.15) is 0 Å². The highest BCUT2D eigenvalue weighted by Gasteiger charge is 2.30. The molecule has 0 spiro atoms. The predicted molar refractivity (Wildman–Crippen MR) is 96.2 cm³/mol. The summed E-state index contributed by atoms with van der Waals surface area (Å²) in [4.78, 5) is 19.2. The minimum atomic E-state index is -0.0346. The van der Waals surface area contributed by atoms with Crippen LogP contribution in [-0.4, -0.2) is 46.2 Å². The lowest BCUT2D eigenvalue weighted by Crippen LogP contribution is -2.42. The Bertz CT molecular complexity index is 725. The fourth-order valence-electron chi connectivity index (χ4n) is 3.73. The molecule has 0 aromatic carbocycles. The minimum Gasteiger partial charge on any atom is -0.381 e. The van der Waals surface area contributed by atoms with E-state index in [1.807, 2.05) is 29.3 Å². The number of nitrogens with zero attached hydrogens (tertiary/aromatic N) is 3. The van der Waals surface area contributed by atoms with Gasteiger partial charge in [-0.1, -0.05) is 6.07 Å². The van der Waals surface area contributed by atoms with Gasteiger partial charge in [-0.25, -0.2) is 0 Å². The van der Waals surface area contributed by atoms with Gasteiger partial charge in [0.15, 0.2) is 0 Å². The zero-order valence-electron chi connectivity index (χ0n) is 14.9. The highest BCUT2D eigenvalue weighted by atomic mass is 16.5. The van der Waals surface area contributed by atoms with Crippen molar-refractivity contribution in [3.8, 4) is 0 Å². The average molecular weight is 355 g/mol. The van der Waals surface area contributed by atoms with Gasteiger partial charge in [0, 0.05) is 50.0 Å². The van der Waals surface area contributed by atoms with Crippen LogP contribution < -0.4 is 0 Å². The lowest BCUT2D eigenvalue weighted by atomic mass is 9.98. The van der Waals surface area contributed by atoms with E-state index in [-0.39, 0.29) is 17.9 Å². The molecule has 2 aliphatic rings. The lowest BCUT2D eigenvalue weighted by molar-refractivity contribution is -0.141. The second-order valence-corrected chi connectivity index (χ2v) is 7.05. The molecule has 1 atom stereocenters. The van der Waals surface area contributed by atoms with Crippen molar-refractivity contribution >= 4 is 5.91 Å². The van der Waals surface area contributed by atoms with Crippen LogP contribution in [0.15, 0.2) is 42.9 Å². The maximum atomic E-state index is 13.1. The standard InChI is InChI=1S/C20H25N3O3/c24-20(17-5-9-25-10-6-17)23-12-18-4-2-8-22(18)13-19(14-23)26-15-16-3-1-7-21-11-16/h1-4,7-8,11,17,19H,5-6,9-10,12-15H2. The van der Waals surface area contributed by atoms with Crippen LogP contribution in [0.4, 0.5) is 0 Å². The summed E-state index contributed by atoms with van der Waals surface area (Å²) in [5.74, 6) is 0.308. The Labute approximate surface area is 153 Å². The van der Waals surface area contributed by atoms with Crippen LogP contribution in [0, 0.1) is 5.92 Å². The Balaban J connectivity index is 1.47. The van der Waals surface area contributed by atoms with E-state index in [1.165, 1.54) is 0 Å². The van der Waals surface area contributed by atoms with Gasteiger partial charge in [-0.15, -0.1) is 0 Å². The van der Waals surface area contributed by atoms with Crippen LogP contribution in [0.5, 0.6) is 0 Å². The van der Waals surface area contributed by atoms with Crippen LogP contribution in [0.2, 0.25) is 0 Å². The van der Waals surface area contributed by atoms with Crippen LogP contribution in [-0.2, 0) is 34.0 Å². The first-order valence-corrected chi connectivity index (χ1v) is 9.30. The average Bonchev–Trinajstić information content (AvgIpc) is 3.05. The molecular formula is C20H25N3O3. The molecule has 6 heteroatoms. The molecule has 4 rings (SSSR count). The van der Waals surface area contributed by atoms with E-state index in [2.05, 4.69) is 21.8 Å². The molecule has 1 amide bonds. The Morgan fingerprint density at radius 3 is 2.92 bits per heavy atom. The summed E-state index contributed by atoms with van der Waals surface area (Å²) >= 11 is 0. The van der Waals surface area contributed by atoms with Crippen molar-refractivity contribution in [2.45, 2.75) is 38.6 Å². The molecule has 0 saturated carbocycles. The van der Waals surface area contributed by atoms with Gasteiger partial charge in [0.2, 0.25) is 5.91 Å². The molecule has 0 radical (unpaired) electrons. The number of carbonyl (C=O) groups excluding carboxylic acids is 1. The Hall–Kier alpha value is -2.18. The summed E-state index contributed by atoms with van der Waals surface area (Å²) in [6.45, 7) is 3.91. The number of fused-ring (bicyclic) bond motifs is 1. The van der Waals surface area contributed by atoms with Crippen molar-refractivity contribution in [3.63, 3.8) is 0 Å². The molecule has 1 saturated heterocycles. The Morgan fingerprint density at radius 2 is 2.12 bits per heavy atom. The minimum absolute atomic E-state index is 0.0346. The molecule has 0 bridgehead atoms. The highest BCUT2D eigenvalue weighted by Crippen LogP contribution is 2.22. The molecule has 6 nitrogen and oxygen atoms in total. The summed E-state index contributed by atoms with van der Waals surface area (Å²) in [5, 5.41) is 0. The third kappa shape index (κ3) is 3.97. The largest absolute Gasteiger partial charge is 0.381 e. The second kappa shape index (κ2) is 8.01. The Morgan fingerprint density at radius 1 is 1.23 bits per heavy atom. The quantitative estimate of drug-likeness (QED) is 0.844. The van der Waals surface area contributed by atoms with Gasteiger partial charge in [0.05, 0.1) is 25.8 Å². The monoisotopic (exact) mass is 355 g/mol. The topological polar surface area (TPSA) is 56.6 Å². The zero-order chi connectivity index (χ0) is 17.8. The molecule has 1 fully saturated rings. The summed E-state index contributed by atoms with van der Waals surface area (Å²) in [5.41, 5.74) is 2.21. The first kappa shape index (κ1) is 17.2. The van der Waals surface area contributed by atoms with Gasteiger partial charge in [-0.05, 0) is 36.6 Å². The van der Waals surface area contributed by atoms with Crippen molar-refractivity contribution in [1.29, 1.82) is 0 Å². The maximum absolute atomic E-state index is 13.1. The summed E-state index contributed by atoms with van der Waals surface area (Å²) in [6, 6.07) is 8.05. The van der Waals surface area contributed by atoms with Gasteiger partial charge in [0.25, 0.3) is 0 Å². The summed E-state index contributed by atoms with van der Waals surface area (Å²) in [6.07, 6.45) is 7.25. The predicted octanol–water partition coefficient (Wildman–Crippen LogP) is 2.24. The number of amides is 1. The molecule has 1 unspecified atom stereocenters. The first-order valence-electron chi connectivity index (χ1n) is 9.30. The van der Waals surface area contributed by atoms with Crippen LogP contribution in [0.3, 0.4) is 0 Å². The van der Waals surface area contributed by atoms with E-state index >= 15 is 0 Å². The molecule has 0 N–H and O–H groups in total. The van der Waals surface area contributed by atoms with Gasteiger partial charge >= 0.3 is 0 Å². The van der Waals surface area contributed by atoms with Crippen LogP contribution in [0.25, 0.3) is 0 Å². The number of rotatable bonds is 4. The van der Waals surface area contributed by atoms with Crippen molar-refractivity contribution in [3.05, 3.63) is 54.1 Å². The lowest BCUT2D eigenvalue weighted by Gasteiger charge is -2.30. The number of aromatic nitrogens is 2. The van der Waals surface area contributed by atoms with Gasteiger partial charge in [-0.3, -0.25) is 9.78 Å². The molecular weight excluding hydrogens is 330 g/mol. The van der Waals surface area contributed by atoms with E-state index in [1.54, 1.807) is 6.20 Å². The third-order valence-electron chi connectivity index (χ3n) is 5.19. The van der Waals surface area contributed by atoms with Crippen molar-refractivity contribution in [2.24, 2.45) is 5.92 Å². The normalized spacial score (nSPS) is 21.2. The van der Waals surface area contributed by atoms with E-state index in [9.17, 15) is 4.79 Å². The van der Waals surface area contributed by atoms with Crippen LogP contribution in [0.1, 0.15) is 24.1 Å². The van der Waals surface area contributed by atoms with Crippen molar-refractivity contribution in [1.82, 2.24) is 14.5 Å².